The Labute approximate surface area is 347 Å². The van der Waals surface area contributed by atoms with Gasteiger partial charge in [-0.3, -0.25) is 38.6 Å². The van der Waals surface area contributed by atoms with Crippen LogP contribution in [0.2, 0.25) is 0 Å². The molecule has 0 aromatic rings. The Bertz CT molecular complexity index is 1340. The molecule has 0 aliphatic heterocycles. The predicted molar refractivity (Wildman–Crippen MR) is 221 cm³/mol. The van der Waals surface area contributed by atoms with E-state index in [0.717, 1.165) is 0 Å². The number of nitrogens with one attached hydrogen (secondary N) is 7. The number of carbonyl (C=O) groups is 8. The van der Waals surface area contributed by atoms with E-state index in [1.165, 1.54) is 0 Å². The maximum atomic E-state index is 13.6. The summed E-state index contributed by atoms with van der Waals surface area (Å²) in [5.41, 5.74) is 10.9. The minimum Gasteiger partial charge on any atom is -0.480 e. The second-order valence-electron chi connectivity index (χ2n) is 15.2. The number of amides is 7. The average molecular weight is 845 g/mol. The van der Waals surface area contributed by atoms with Crippen molar-refractivity contribution in [2.45, 2.75) is 143 Å². The molecule has 0 bridgehead atoms. The molecule has 0 saturated heterocycles. The molecule has 4 unspecified atom stereocenters. The van der Waals surface area contributed by atoms with Crippen molar-refractivity contribution in [2.75, 3.05) is 26.3 Å². The molecule has 0 aliphatic rings. The van der Waals surface area contributed by atoms with Crippen molar-refractivity contribution >= 4 is 53.8 Å². The molecule has 0 aromatic heterocycles. The van der Waals surface area contributed by atoms with Crippen LogP contribution in [0.1, 0.15) is 107 Å². The van der Waals surface area contributed by atoms with Crippen molar-refractivity contribution in [3.8, 4) is 0 Å². The van der Waals surface area contributed by atoms with Crippen LogP contribution < -0.4 is 48.7 Å². The lowest BCUT2D eigenvalue weighted by Gasteiger charge is -2.27. The molecule has 21 heteroatoms. The second kappa shape index (κ2) is 31.9. The second-order valence-corrected chi connectivity index (χ2v) is 15.2. The van der Waals surface area contributed by atoms with E-state index in [2.05, 4.69) is 31.6 Å². The molecule has 0 radical (unpaired) electrons. The third-order valence-corrected chi connectivity index (χ3v) is 8.35. The third-order valence-electron chi connectivity index (χ3n) is 8.35. The van der Waals surface area contributed by atoms with Gasteiger partial charge in [0.1, 0.15) is 36.3 Å². The predicted octanol–water partition coefficient (Wildman–Crippen LogP) is -1.90. The van der Waals surface area contributed by atoms with E-state index in [4.69, 9.17) is 26.8 Å². The number of hydrogen-bond donors (Lipinski definition) is 12. The lowest BCUT2D eigenvalue weighted by Crippen LogP contribution is -2.58. The summed E-state index contributed by atoms with van der Waals surface area (Å²) < 4.78 is 0. The standard InChI is InChI=1S/C31H60N8O5.C7H12N2O6/c1-9-12-22(28(42)39-24(17-20(5)6)27(41)34-10-2)37-29(43)23(13-11-16-35-31(32)33)38-30(44)25(18-21(7)8)36-26(40)15-14-19(3)4;10-1-4(8-3-12)6(13)9-5(2-11)7(14)15/h19-25H,9-18H2,1-8H3,(H,34,41)(H,36,40)(H,37,43)(H,38,44)(H,39,42)(H4,32,33,35);3-5,10-11H,1-2H2,(H,8,12)(H,9,13)(H,14,15)/t22?,23?,24-,25?;4-,5?/m00/s1. The van der Waals surface area contributed by atoms with E-state index < -0.39 is 79.1 Å². The first-order chi connectivity index (χ1) is 27.7. The zero-order chi connectivity index (χ0) is 45.7. The van der Waals surface area contributed by atoms with Gasteiger partial charge in [0.2, 0.25) is 41.9 Å². The first-order valence-corrected chi connectivity index (χ1v) is 20.2. The topological polar surface area (TPSA) is 346 Å². The number of nitrogens with two attached hydrogens (primary N) is 2. The summed E-state index contributed by atoms with van der Waals surface area (Å²) in [6, 6.07) is -6.19. The Kier molecular flexibility index (Phi) is 30.3. The average Bonchev–Trinajstić information content (AvgIpc) is 3.15. The number of likely N-dealkylation sites (N-methyl/N-ethyl adjacent to an activating group) is 1. The molecule has 0 saturated carbocycles. The number of aliphatic hydroxyl groups is 2. The lowest BCUT2D eigenvalue weighted by atomic mass is 10.0. The van der Waals surface area contributed by atoms with Gasteiger partial charge in [0.15, 0.2) is 5.96 Å². The number of guanidine groups is 1. The first-order valence-electron chi connectivity index (χ1n) is 20.2. The summed E-state index contributed by atoms with van der Waals surface area (Å²) in [5.74, 6) is -3.80. The van der Waals surface area contributed by atoms with Gasteiger partial charge in [0.25, 0.3) is 0 Å². The minimum absolute atomic E-state index is 0.0844. The van der Waals surface area contributed by atoms with Gasteiger partial charge in [-0.05, 0) is 63.2 Å². The maximum Gasteiger partial charge on any atom is 0.328 e. The van der Waals surface area contributed by atoms with Crippen LogP contribution in [-0.2, 0) is 38.4 Å². The highest BCUT2D eigenvalue weighted by Crippen LogP contribution is 2.11. The Morgan fingerprint density at radius 1 is 0.610 bits per heavy atom. The number of rotatable bonds is 29. The molecule has 0 rings (SSSR count). The van der Waals surface area contributed by atoms with Crippen LogP contribution in [0.15, 0.2) is 4.99 Å². The lowest BCUT2D eigenvalue weighted by molar-refractivity contribution is -0.143. The molecule has 0 aromatic carbocycles. The van der Waals surface area contributed by atoms with Crippen LogP contribution in [0.3, 0.4) is 0 Å². The summed E-state index contributed by atoms with van der Waals surface area (Å²) in [4.78, 5) is 101. The highest BCUT2D eigenvalue weighted by Gasteiger charge is 2.31. The smallest absolute Gasteiger partial charge is 0.328 e. The zero-order valence-electron chi connectivity index (χ0n) is 36.0. The van der Waals surface area contributed by atoms with Crippen molar-refractivity contribution in [1.29, 1.82) is 0 Å². The maximum absolute atomic E-state index is 13.6. The van der Waals surface area contributed by atoms with Crippen LogP contribution in [0.25, 0.3) is 0 Å². The van der Waals surface area contributed by atoms with Gasteiger partial charge in [-0.25, -0.2) is 4.79 Å². The van der Waals surface area contributed by atoms with E-state index in [-0.39, 0.29) is 49.0 Å². The number of carboxylic acids is 1. The highest BCUT2D eigenvalue weighted by atomic mass is 16.4. The van der Waals surface area contributed by atoms with Crippen LogP contribution >= 0.6 is 0 Å². The van der Waals surface area contributed by atoms with Crippen LogP contribution in [0.4, 0.5) is 0 Å². The molecular weight excluding hydrogens is 772 g/mol. The number of hydrogen-bond acceptors (Lipinski definition) is 11. The molecular formula is C38H72N10O11. The van der Waals surface area contributed by atoms with E-state index in [0.29, 0.717) is 57.4 Å². The fourth-order valence-corrected chi connectivity index (χ4v) is 5.29. The number of aliphatic imine (C=N–C) groups is 1. The van der Waals surface area contributed by atoms with Crippen LogP contribution in [0.5, 0.6) is 0 Å². The quantitative estimate of drug-likeness (QED) is 0.0170. The third kappa shape index (κ3) is 26.6. The molecule has 340 valence electrons. The van der Waals surface area contributed by atoms with Crippen LogP contribution in [0, 0.1) is 17.8 Å². The molecule has 0 heterocycles. The fourth-order valence-electron chi connectivity index (χ4n) is 5.29. The Balaban J connectivity index is 0. The van der Waals surface area contributed by atoms with Gasteiger partial charge in [-0.2, -0.15) is 0 Å². The summed E-state index contributed by atoms with van der Waals surface area (Å²) in [6.07, 6.45) is 3.51. The van der Waals surface area contributed by atoms with Gasteiger partial charge >= 0.3 is 5.97 Å². The SMILES string of the molecule is CCCC(NC(=O)C(CCCN=C(N)N)NC(=O)C(CC(C)C)NC(=O)CCC(C)C)C(=O)N[C@@H](CC(C)C)C(=O)NCC.O=CN[C@@H](CO)C(=O)NC(CO)C(=O)O. The molecule has 0 aliphatic carbocycles. The van der Waals surface area contributed by atoms with Gasteiger partial charge in [0, 0.05) is 19.5 Å². The highest BCUT2D eigenvalue weighted by molar-refractivity contribution is 5.95. The molecule has 0 fully saturated rings. The van der Waals surface area contributed by atoms with Crippen molar-refractivity contribution < 1.29 is 53.7 Å². The molecule has 0 spiro atoms. The molecule has 6 atom stereocenters. The van der Waals surface area contributed by atoms with E-state index in [9.17, 15) is 38.4 Å². The molecule has 21 nitrogen and oxygen atoms in total. The van der Waals surface area contributed by atoms with Crippen molar-refractivity contribution in [3.63, 3.8) is 0 Å². The first kappa shape index (κ1) is 56.0. The largest absolute Gasteiger partial charge is 0.480 e. The molecule has 59 heavy (non-hydrogen) atoms. The van der Waals surface area contributed by atoms with Gasteiger partial charge < -0.3 is 64.0 Å². The zero-order valence-corrected chi connectivity index (χ0v) is 36.0. The van der Waals surface area contributed by atoms with Gasteiger partial charge in [-0.15, -0.1) is 0 Å². The van der Waals surface area contributed by atoms with Crippen molar-refractivity contribution in [2.24, 2.45) is 34.2 Å². The molecule has 14 N–H and O–H groups in total. The van der Waals surface area contributed by atoms with E-state index >= 15 is 0 Å². The normalized spacial score (nSPS) is 13.8. The number of aliphatic hydroxyl groups excluding tert-OH is 2. The Morgan fingerprint density at radius 3 is 1.49 bits per heavy atom. The van der Waals surface area contributed by atoms with E-state index in [1.54, 1.807) is 6.92 Å². The monoisotopic (exact) mass is 845 g/mol. The molecule has 7 amide bonds. The Morgan fingerprint density at radius 2 is 1.07 bits per heavy atom. The number of nitrogens with zero attached hydrogens (tertiary/aromatic N) is 1. The summed E-state index contributed by atoms with van der Waals surface area (Å²) in [6.45, 7) is 14.8. The minimum atomic E-state index is -1.46. The van der Waals surface area contributed by atoms with Gasteiger partial charge in [0.05, 0.1) is 13.2 Å². The Hall–Kier alpha value is -5.05. The van der Waals surface area contributed by atoms with Gasteiger partial charge in [-0.1, -0.05) is 54.9 Å². The number of aliphatic carboxylic acids is 1. The van der Waals surface area contributed by atoms with E-state index in [1.807, 2.05) is 59.1 Å². The number of carbonyl (C=O) groups excluding carboxylic acids is 7. The van der Waals surface area contributed by atoms with Crippen LogP contribution in [-0.4, -0.2) is 132 Å². The number of carboxylic acid groups (broad SMARTS) is 1. The van der Waals surface area contributed by atoms with Crippen molar-refractivity contribution in [3.05, 3.63) is 0 Å². The fraction of sp³-hybridized carbons (Fsp3) is 0.763. The van der Waals surface area contributed by atoms with Crippen molar-refractivity contribution in [1.82, 2.24) is 37.2 Å². The summed E-state index contributed by atoms with van der Waals surface area (Å²) in [7, 11) is 0. The summed E-state index contributed by atoms with van der Waals surface area (Å²) >= 11 is 0. The summed E-state index contributed by atoms with van der Waals surface area (Å²) in [5, 5.41) is 43.6.